The van der Waals surface area contributed by atoms with E-state index in [0.29, 0.717) is 11.5 Å². The van der Waals surface area contributed by atoms with Gasteiger partial charge in [-0.1, -0.05) is 12.8 Å². The van der Waals surface area contributed by atoms with Crippen LogP contribution in [0.2, 0.25) is 0 Å². The third-order valence-corrected chi connectivity index (χ3v) is 4.10. The molecule has 0 aromatic carbocycles. The minimum Gasteiger partial charge on any atom is -0.379 e. The summed E-state index contributed by atoms with van der Waals surface area (Å²) in [6.45, 7) is 0. The Kier molecular flexibility index (Phi) is 1.79. The van der Waals surface area contributed by atoms with Gasteiger partial charge in [-0.2, -0.15) is 5.10 Å². The molecule has 2 aliphatic rings. The second-order valence-electron chi connectivity index (χ2n) is 4.79. The summed E-state index contributed by atoms with van der Waals surface area (Å²) in [5.41, 5.74) is 1.81. The highest BCUT2D eigenvalue weighted by atomic mass is 15.1. The molecule has 1 aromatic heterocycles. The van der Waals surface area contributed by atoms with Crippen LogP contribution < -0.4 is 5.32 Å². The van der Waals surface area contributed by atoms with Crippen molar-refractivity contribution in [2.75, 3.05) is 5.32 Å². The molecule has 0 aliphatic heterocycles. The van der Waals surface area contributed by atoms with Gasteiger partial charge in [0.05, 0.1) is 11.9 Å². The standard InChI is InChI=1S/C11H17N3/c1-3-10(11(4-1)5-2-6-11)14-9-7-12-13-8-9/h7-8,10,14H,1-6H2,(H,12,13). The molecule has 1 aromatic rings. The molecular weight excluding hydrogens is 174 g/mol. The van der Waals surface area contributed by atoms with Gasteiger partial charge in [-0.05, 0) is 31.1 Å². The van der Waals surface area contributed by atoms with Gasteiger partial charge in [0.2, 0.25) is 0 Å². The van der Waals surface area contributed by atoms with Crippen LogP contribution in [0, 0.1) is 5.41 Å². The van der Waals surface area contributed by atoms with E-state index >= 15 is 0 Å². The van der Waals surface area contributed by atoms with Crippen molar-refractivity contribution in [1.82, 2.24) is 10.2 Å². The van der Waals surface area contributed by atoms with Crippen molar-refractivity contribution in [1.29, 1.82) is 0 Å². The van der Waals surface area contributed by atoms with Crippen LogP contribution in [0.25, 0.3) is 0 Å². The maximum absolute atomic E-state index is 3.97. The number of nitrogens with zero attached hydrogens (tertiary/aromatic N) is 1. The lowest BCUT2D eigenvalue weighted by Gasteiger charge is -2.44. The number of aromatic amines is 1. The quantitative estimate of drug-likeness (QED) is 0.754. The lowest BCUT2D eigenvalue weighted by atomic mass is 9.65. The van der Waals surface area contributed by atoms with Crippen LogP contribution in [0.3, 0.4) is 0 Å². The summed E-state index contributed by atoms with van der Waals surface area (Å²) >= 11 is 0. The molecule has 0 bridgehead atoms. The zero-order chi connectivity index (χ0) is 9.43. The molecule has 1 unspecified atom stereocenters. The molecule has 0 radical (unpaired) electrons. The summed E-state index contributed by atoms with van der Waals surface area (Å²) in [5, 5.41) is 10.4. The first kappa shape index (κ1) is 8.33. The molecule has 3 heteroatoms. The molecule has 1 atom stereocenters. The number of hydrogen-bond acceptors (Lipinski definition) is 2. The first-order valence-electron chi connectivity index (χ1n) is 5.64. The molecule has 3 nitrogen and oxygen atoms in total. The Balaban J connectivity index is 1.72. The van der Waals surface area contributed by atoms with E-state index in [1.807, 2.05) is 12.4 Å². The van der Waals surface area contributed by atoms with Gasteiger partial charge >= 0.3 is 0 Å². The molecule has 3 rings (SSSR count). The third kappa shape index (κ3) is 1.15. The van der Waals surface area contributed by atoms with E-state index in [1.165, 1.54) is 38.5 Å². The van der Waals surface area contributed by atoms with Gasteiger partial charge in [0.1, 0.15) is 0 Å². The van der Waals surface area contributed by atoms with Crippen molar-refractivity contribution in [2.24, 2.45) is 5.41 Å². The Bertz CT molecular complexity index is 300. The fourth-order valence-electron chi connectivity index (χ4n) is 3.12. The van der Waals surface area contributed by atoms with Crippen LogP contribution in [0.4, 0.5) is 5.69 Å². The topological polar surface area (TPSA) is 40.7 Å². The molecule has 2 saturated carbocycles. The summed E-state index contributed by atoms with van der Waals surface area (Å²) in [4.78, 5) is 0. The molecule has 2 N–H and O–H groups in total. The minimum absolute atomic E-state index is 0.650. The maximum Gasteiger partial charge on any atom is 0.0726 e. The van der Waals surface area contributed by atoms with Crippen molar-refractivity contribution in [3.63, 3.8) is 0 Å². The van der Waals surface area contributed by atoms with Crippen LogP contribution in [0.1, 0.15) is 38.5 Å². The molecule has 1 heterocycles. The Labute approximate surface area is 84.3 Å². The van der Waals surface area contributed by atoms with Crippen LogP contribution in [0.5, 0.6) is 0 Å². The minimum atomic E-state index is 0.650. The summed E-state index contributed by atoms with van der Waals surface area (Å²) in [7, 11) is 0. The first-order chi connectivity index (χ1) is 6.89. The zero-order valence-electron chi connectivity index (χ0n) is 8.42. The third-order valence-electron chi connectivity index (χ3n) is 4.10. The Hall–Kier alpha value is -0.990. The van der Waals surface area contributed by atoms with Crippen molar-refractivity contribution in [2.45, 2.75) is 44.6 Å². The highest BCUT2D eigenvalue weighted by Crippen LogP contribution is 2.53. The lowest BCUT2D eigenvalue weighted by molar-refractivity contribution is 0.129. The number of nitrogens with one attached hydrogen (secondary N) is 2. The predicted molar refractivity (Wildman–Crippen MR) is 56.1 cm³/mol. The Morgan fingerprint density at radius 1 is 1.36 bits per heavy atom. The lowest BCUT2D eigenvalue weighted by Crippen LogP contribution is -2.41. The van der Waals surface area contributed by atoms with Gasteiger partial charge in [0, 0.05) is 12.2 Å². The van der Waals surface area contributed by atoms with Crippen molar-refractivity contribution < 1.29 is 0 Å². The molecule has 0 saturated heterocycles. The van der Waals surface area contributed by atoms with E-state index in [9.17, 15) is 0 Å². The highest BCUT2D eigenvalue weighted by molar-refractivity contribution is 5.40. The SMILES string of the molecule is c1n[nH]cc1NC1CCCC12CCC2. The molecular formula is C11H17N3. The zero-order valence-corrected chi connectivity index (χ0v) is 8.42. The van der Waals surface area contributed by atoms with Gasteiger partial charge in [0.25, 0.3) is 0 Å². The van der Waals surface area contributed by atoms with Crippen LogP contribution >= 0.6 is 0 Å². The number of anilines is 1. The highest BCUT2D eigenvalue weighted by Gasteiger charge is 2.46. The summed E-state index contributed by atoms with van der Waals surface area (Å²) in [5.74, 6) is 0. The summed E-state index contributed by atoms with van der Waals surface area (Å²) in [6, 6.07) is 0.703. The van der Waals surface area contributed by atoms with E-state index in [-0.39, 0.29) is 0 Å². The number of aromatic nitrogens is 2. The average molecular weight is 191 g/mol. The second kappa shape index (κ2) is 3.01. The van der Waals surface area contributed by atoms with E-state index in [4.69, 9.17) is 0 Å². The van der Waals surface area contributed by atoms with Crippen molar-refractivity contribution in [3.05, 3.63) is 12.4 Å². The van der Waals surface area contributed by atoms with Crippen LogP contribution in [-0.4, -0.2) is 16.2 Å². The van der Waals surface area contributed by atoms with Gasteiger partial charge in [-0.15, -0.1) is 0 Å². The molecule has 1 spiro atoms. The normalized spacial score (nSPS) is 29.0. The fraction of sp³-hybridized carbons (Fsp3) is 0.727. The second-order valence-corrected chi connectivity index (χ2v) is 4.79. The smallest absolute Gasteiger partial charge is 0.0726 e. The number of H-pyrrole nitrogens is 1. The molecule has 14 heavy (non-hydrogen) atoms. The monoisotopic (exact) mass is 191 g/mol. The number of rotatable bonds is 2. The van der Waals surface area contributed by atoms with Crippen LogP contribution in [-0.2, 0) is 0 Å². The molecule has 0 amide bonds. The summed E-state index contributed by atoms with van der Waals surface area (Å²) < 4.78 is 0. The van der Waals surface area contributed by atoms with Gasteiger partial charge in [-0.3, -0.25) is 5.10 Å². The van der Waals surface area contributed by atoms with E-state index < -0.39 is 0 Å². The van der Waals surface area contributed by atoms with Crippen LogP contribution in [0.15, 0.2) is 12.4 Å². The van der Waals surface area contributed by atoms with Crippen molar-refractivity contribution >= 4 is 5.69 Å². The predicted octanol–water partition coefficient (Wildman–Crippen LogP) is 2.54. The first-order valence-corrected chi connectivity index (χ1v) is 5.64. The van der Waals surface area contributed by atoms with Gasteiger partial charge in [0.15, 0.2) is 0 Å². The average Bonchev–Trinajstić information content (AvgIpc) is 2.71. The Morgan fingerprint density at radius 3 is 2.86 bits per heavy atom. The fourth-order valence-corrected chi connectivity index (χ4v) is 3.12. The summed E-state index contributed by atoms with van der Waals surface area (Å²) in [6.07, 6.45) is 12.3. The van der Waals surface area contributed by atoms with Crippen molar-refractivity contribution in [3.8, 4) is 0 Å². The molecule has 2 fully saturated rings. The van der Waals surface area contributed by atoms with Gasteiger partial charge < -0.3 is 5.32 Å². The molecule has 2 aliphatic carbocycles. The number of hydrogen-bond donors (Lipinski definition) is 2. The molecule has 76 valence electrons. The van der Waals surface area contributed by atoms with Gasteiger partial charge in [-0.25, -0.2) is 0 Å². The Morgan fingerprint density at radius 2 is 2.21 bits per heavy atom. The largest absolute Gasteiger partial charge is 0.379 e. The van der Waals surface area contributed by atoms with E-state index in [2.05, 4.69) is 15.5 Å². The maximum atomic E-state index is 3.97. The van der Waals surface area contributed by atoms with E-state index in [0.717, 1.165) is 5.69 Å². The van der Waals surface area contributed by atoms with E-state index in [1.54, 1.807) is 0 Å².